The third-order valence-corrected chi connectivity index (χ3v) is 10.6. The number of methoxy groups -OCH3 is 1. The molecule has 6 N–H and O–H groups in total. The minimum Gasteiger partial charge on any atom is -0.496 e. The number of nitrogens with two attached hydrogens (primary N) is 2. The number of hydrogen-bond donors (Lipinski definition) is 4. The maximum atomic E-state index is 13.6. The van der Waals surface area contributed by atoms with Crippen molar-refractivity contribution in [1.82, 2.24) is 25.3 Å². The van der Waals surface area contributed by atoms with Gasteiger partial charge in [-0.1, -0.05) is 19.3 Å². The number of benzene rings is 1. The van der Waals surface area contributed by atoms with Crippen molar-refractivity contribution in [3.63, 3.8) is 0 Å². The van der Waals surface area contributed by atoms with E-state index >= 15 is 0 Å². The van der Waals surface area contributed by atoms with Crippen LogP contribution in [0.4, 0.5) is 5.69 Å². The van der Waals surface area contributed by atoms with E-state index in [9.17, 15) is 24.0 Å². The number of nitrogens with one attached hydrogen (secondary N) is 2. The average molecular weight is 693 g/mol. The van der Waals surface area contributed by atoms with E-state index in [0.29, 0.717) is 29.5 Å². The van der Waals surface area contributed by atoms with E-state index in [1.807, 2.05) is 6.07 Å². The highest BCUT2D eigenvalue weighted by atomic mass is 16.5. The Morgan fingerprint density at radius 3 is 2.32 bits per heavy atom. The summed E-state index contributed by atoms with van der Waals surface area (Å²) < 4.78 is 5.61. The Morgan fingerprint density at radius 2 is 1.68 bits per heavy atom. The molecule has 272 valence electrons. The number of nitrogens with zero attached hydrogens (tertiary/aromatic N) is 4. The first kappa shape index (κ1) is 36.7. The molecule has 4 fully saturated rings. The van der Waals surface area contributed by atoms with Crippen LogP contribution in [0.3, 0.4) is 0 Å². The summed E-state index contributed by atoms with van der Waals surface area (Å²) in [7, 11) is 1.54. The molecule has 14 nitrogen and oxygen atoms in total. The quantitative estimate of drug-likeness (QED) is 0.114. The zero-order valence-corrected chi connectivity index (χ0v) is 29.3. The summed E-state index contributed by atoms with van der Waals surface area (Å²) in [5, 5.41) is 5.25. The maximum absolute atomic E-state index is 13.6. The van der Waals surface area contributed by atoms with Crippen LogP contribution in [0.2, 0.25) is 0 Å². The van der Waals surface area contributed by atoms with E-state index in [0.717, 1.165) is 94.9 Å². The van der Waals surface area contributed by atoms with Gasteiger partial charge in [-0.2, -0.15) is 0 Å². The van der Waals surface area contributed by atoms with Crippen molar-refractivity contribution in [1.29, 1.82) is 0 Å². The summed E-state index contributed by atoms with van der Waals surface area (Å²) in [4.78, 5) is 69.9. The monoisotopic (exact) mass is 692 g/mol. The number of hydrogen-bond acceptors (Lipinski definition) is 11. The minimum atomic E-state index is -1.05. The van der Waals surface area contributed by atoms with Gasteiger partial charge in [0.2, 0.25) is 18.2 Å². The highest BCUT2D eigenvalue weighted by molar-refractivity contribution is 6.08. The maximum Gasteiger partial charge on any atom is 0.267 e. The Balaban J connectivity index is 1.12. The topological polar surface area (TPSA) is 184 Å². The van der Waals surface area contributed by atoms with Crippen LogP contribution in [0, 0.1) is 12.8 Å². The van der Waals surface area contributed by atoms with E-state index in [1.165, 1.54) is 13.5 Å². The van der Waals surface area contributed by atoms with E-state index < -0.39 is 23.8 Å². The number of likely N-dealkylation sites (tertiary alicyclic amines) is 1. The number of ether oxygens (including phenoxy) is 1. The second-order valence-electron chi connectivity index (χ2n) is 13.8. The van der Waals surface area contributed by atoms with Crippen molar-refractivity contribution in [2.45, 2.75) is 76.8 Å². The molecule has 3 saturated heterocycles. The van der Waals surface area contributed by atoms with Crippen LogP contribution in [-0.4, -0.2) is 110 Å². The van der Waals surface area contributed by atoms with Crippen LogP contribution in [-0.2, 0) is 19.2 Å². The molecule has 5 amide bonds. The average Bonchev–Trinajstić information content (AvgIpc) is 3.12. The van der Waals surface area contributed by atoms with E-state index in [4.69, 9.17) is 16.2 Å². The fourth-order valence-electron chi connectivity index (χ4n) is 7.44. The Morgan fingerprint density at radius 1 is 0.980 bits per heavy atom. The second kappa shape index (κ2) is 16.9. The van der Waals surface area contributed by atoms with Gasteiger partial charge in [-0.25, -0.2) is 0 Å². The molecule has 0 bridgehead atoms. The molecule has 14 heteroatoms. The molecule has 0 radical (unpaired) electrons. The molecule has 50 heavy (non-hydrogen) atoms. The van der Waals surface area contributed by atoms with Gasteiger partial charge in [0, 0.05) is 81.2 Å². The van der Waals surface area contributed by atoms with Crippen molar-refractivity contribution < 1.29 is 28.7 Å². The van der Waals surface area contributed by atoms with Crippen LogP contribution in [0.1, 0.15) is 73.7 Å². The molecular weight excluding hydrogens is 640 g/mol. The SMILES string of the molecule is COc1cc(N2CCN(CC3CCN(/C(N)=C/C=C(\N)C(=O)NC4CCCCC4)CC3)CC2)cc(C(=O)N(C=O)C2CCC(=O)NC2=O)c1C. The molecule has 1 atom stereocenters. The van der Waals surface area contributed by atoms with Crippen molar-refractivity contribution in [2.75, 3.05) is 57.8 Å². The fourth-order valence-corrected chi connectivity index (χ4v) is 7.44. The highest BCUT2D eigenvalue weighted by Gasteiger charge is 2.36. The molecule has 0 aromatic heterocycles. The molecule has 4 aliphatic rings. The fraction of sp³-hybridized carbons (Fsp3) is 0.583. The number of rotatable bonds is 11. The van der Waals surface area contributed by atoms with Crippen LogP contribution in [0.5, 0.6) is 5.75 Å². The Hall–Kier alpha value is -4.59. The standard InChI is InChI=1S/C36H52N8O6/c1-24-28(36(49)44(23-45)30-9-11-33(46)40-35(30)48)20-27(21-31(24)50-2)42-18-16-41(17-19-42)22-25-12-14-43(15-13-25)32(38)10-8-29(37)34(47)39-26-6-4-3-5-7-26/h8,10,20-21,23,25-26,30H,3-7,9,11-19,22,37-38H2,1-2H3,(H,39,47)(H,40,46,48)/b29-8-,32-10+. The molecule has 1 aromatic carbocycles. The molecule has 1 saturated carbocycles. The van der Waals surface area contributed by atoms with Gasteiger partial charge >= 0.3 is 0 Å². The van der Waals surface area contributed by atoms with Crippen molar-refractivity contribution in [2.24, 2.45) is 17.4 Å². The Labute approximate surface area is 294 Å². The molecule has 1 aliphatic carbocycles. The minimum absolute atomic E-state index is 0.0551. The zero-order chi connectivity index (χ0) is 35.8. The van der Waals surface area contributed by atoms with Gasteiger partial charge in [-0.05, 0) is 63.2 Å². The predicted octanol–water partition coefficient (Wildman–Crippen LogP) is 1.33. The first-order valence-corrected chi connectivity index (χ1v) is 17.8. The molecule has 0 spiro atoms. The van der Waals surface area contributed by atoms with Crippen LogP contribution in [0.25, 0.3) is 0 Å². The third kappa shape index (κ3) is 8.95. The second-order valence-corrected chi connectivity index (χ2v) is 13.8. The molecule has 3 heterocycles. The lowest BCUT2D eigenvalue weighted by Gasteiger charge is -2.40. The van der Waals surface area contributed by atoms with Crippen LogP contribution < -0.4 is 31.7 Å². The number of carbonyl (C=O) groups excluding carboxylic acids is 5. The number of piperazine rings is 1. The number of piperidine rings is 2. The molecule has 1 aromatic rings. The summed E-state index contributed by atoms with van der Waals surface area (Å²) in [6.45, 7) is 7.62. The van der Waals surface area contributed by atoms with Crippen LogP contribution in [0.15, 0.2) is 35.8 Å². The lowest BCUT2D eigenvalue weighted by molar-refractivity contribution is -0.139. The number of imide groups is 2. The summed E-state index contributed by atoms with van der Waals surface area (Å²) in [5.41, 5.74) is 14.2. The largest absolute Gasteiger partial charge is 0.496 e. The Kier molecular flexibility index (Phi) is 12.4. The van der Waals surface area contributed by atoms with Gasteiger partial charge in [0.05, 0.1) is 18.6 Å². The van der Waals surface area contributed by atoms with Gasteiger partial charge < -0.3 is 31.3 Å². The van der Waals surface area contributed by atoms with E-state index in [2.05, 4.69) is 25.3 Å². The van der Waals surface area contributed by atoms with Crippen molar-refractivity contribution >= 4 is 35.7 Å². The van der Waals surface area contributed by atoms with E-state index in [1.54, 1.807) is 25.1 Å². The summed E-state index contributed by atoms with van der Waals surface area (Å²) in [6.07, 6.45) is 11.4. The molecular formula is C36H52N8O6. The summed E-state index contributed by atoms with van der Waals surface area (Å²) in [5.74, 6) is -0.238. The lowest BCUT2D eigenvalue weighted by atomic mass is 9.95. The van der Waals surface area contributed by atoms with Gasteiger partial charge in [-0.15, -0.1) is 0 Å². The zero-order valence-electron chi connectivity index (χ0n) is 29.3. The highest BCUT2D eigenvalue weighted by Crippen LogP contribution is 2.31. The van der Waals surface area contributed by atoms with Gasteiger partial charge in [0.15, 0.2) is 0 Å². The molecule has 3 aliphatic heterocycles. The van der Waals surface area contributed by atoms with Gasteiger partial charge in [-0.3, -0.25) is 39.1 Å². The normalized spacial score (nSPS) is 21.8. The first-order chi connectivity index (χ1) is 24.1. The molecule has 5 rings (SSSR count). The first-order valence-electron chi connectivity index (χ1n) is 17.8. The number of anilines is 1. The van der Waals surface area contributed by atoms with Gasteiger partial charge in [0.25, 0.3) is 11.8 Å². The van der Waals surface area contributed by atoms with Crippen LogP contribution >= 0.6 is 0 Å². The number of carbonyl (C=O) groups is 5. The number of amides is 5. The summed E-state index contributed by atoms with van der Waals surface area (Å²) in [6, 6.07) is 2.82. The van der Waals surface area contributed by atoms with Crippen molar-refractivity contribution in [3.8, 4) is 5.75 Å². The Bertz CT molecular complexity index is 1490. The smallest absolute Gasteiger partial charge is 0.267 e. The number of allylic oxidation sites excluding steroid dienone is 2. The van der Waals surface area contributed by atoms with E-state index in [-0.39, 0.29) is 36.1 Å². The molecule has 1 unspecified atom stereocenters. The van der Waals surface area contributed by atoms with Gasteiger partial charge in [0.1, 0.15) is 11.8 Å². The predicted molar refractivity (Wildman–Crippen MR) is 189 cm³/mol. The third-order valence-electron chi connectivity index (χ3n) is 10.6. The summed E-state index contributed by atoms with van der Waals surface area (Å²) >= 11 is 0. The van der Waals surface area contributed by atoms with Crippen molar-refractivity contribution in [3.05, 3.63) is 46.9 Å². The lowest BCUT2D eigenvalue weighted by Crippen LogP contribution is -2.54.